The van der Waals surface area contributed by atoms with E-state index in [1.54, 1.807) is 4.90 Å². The van der Waals surface area contributed by atoms with E-state index in [9.17, 15) is 14.7 Å². The molecule has 1 aliphatic heterocycles. The second kappa shape index (κ2) is 8.07. The first-order valence-corrected chi connectivity index (χ1v) is 8.93. The van der Waals surface area contributed by atoms with Crippen LogP contribution in [0.25, 0.3) is 0 Å². The zero-order chi connectivity index (χ0) is 18.7. The zero-order valence-electron chi connectivity index (χ0n) is 14.6. The van der Waals surface area contributed by atoms with Crippen molar-refractivity contribution in [3.05, 3.63) is 56.9 Å². The fourth-order valence-corrected chi connectivity index (χ4v) is 3.41. The minimum Gasteiger partial charge on any atom is -0.465 e. The van der Waals surface area contributed by atoms with Gasteiger partial charge in [-0.25, -0.2) is 0 Å². The van der Waals surface area contributed by atoms with Crippen LogP contribution in [0.5, 0.6) is 0 Å². The number of piperazine rings is 1. The van der Waals surface area contributed by atoms with Gasteiger partial charge in [0.15, 0.2) is 0 Å². The summed E-state index contributed by atoms with van der Waals surface area (Å²) in [5.74, 6) is 1.56. The number of nitrogens with zero attached hydrogens (tertiary/aromatic N) is 2. The van der Waals surface area contributed by atoms with Crippen molar-refractivity contribution in [1.29, 1.82) is 0 Å². The number of aromatic amines is 1. The lowest BCUT2D eigenvalue weighted by Crippen LogP contribution is -2.54. The lowest BCUT2D eigenvalue weighted by atomic mass is 10.1. The number of furan rings is 1. The van der Waals surface area contributed by atoms with Crippen LogP contribution in [0.15, 0.2) is 33.6 Å². The molecule has 0 spiro atoms. The first kappa shape index (κ1) is 18.7. The Hall–Kier alpha value is -2.09. The summed E-state index contributed by atoms with van der Waals surface area (Å²) in [6.07, 6.45) is 1.95. The Morgan fingerprint density at radius 3 is 2.88 bits per heavy atom. The first-order chi connectivity index (χ1) is 12.5. The minimum absolute atomic E-state index is 0.00502. The molecule has 0 radical (unpaired) electrons. The highest BCUT2D eigenvalue weighted by Gasteiger charge is 2.30. The molecule has 7 nitrogen and oxygen atoms in total. The molecule has 2 aromatic rings. The molecule has 0 aromatic carbocycles. The lowest BCUT2D eigenvalue weighted by Gasteiger charge is -2.41. The summed E-state index contributed by atoms with van der Waals surface area (Å²) in [7, 11) is 0. The van der Waals surface area contributed by atoms with Gasteiger partial charge in [-0.15, -0.1) is 0 Å². The van der Waals surface area contributed by atoms with Crippen LogP contribution in [-0.2, 0) is 6.54 Å². The van der Waals surface area contributed by atoms with Crippen LogP contribution >= 0.6 is 11.6 Å². The Kier molecular flexibility index (Phi) is 5.80. The molecule has 0 bridgehead atoms. The topological polar surface area (TPSA) is 89.8 Å². The van der Waals surface area contributed by atoms with E-state index in [1.165, 1.54) is 12.3 Å². The number of aromatic nitrogens is 1. The summed E-state index contributed by atoms with van der Waals surface area (Å²) >= 11 is 5.82. The van der Waals surface area contributed by atoms with Gasteiger partial charge in [-0.3, -0.25) is 14.5 Å². The summed E-state index contributed by atoms with van der Waals surface area (Å²) in [6, 6.07) is 5.30. The third-order valence-electron chi connectivity index (χ3n) is 4.61. The molecule has 3 heterocycles. The summed E-state index contributed by atoms with van der Waals surface area (Å²) in [5.41, 5.74) is -0.0626. The first-order valence-electron chi connectivity index (χ1n) is 8.55. The van der Waals surface area contributed by atoms with Gasteiger partial charge in [-0.1, -0.05) is 11.6 Å². The summed E-state index contributed by atoms with van der Waals surface area (Å²) in [4.78, 5) is 30.5. The highest BCUT2D eigenvalue weighted by molar-refractivity contribution is 6.30. The van der Waals surface area contributed by atoms with Crippen molar-refractivity contribution in [2.45, 2.75) is 25.9 Å². The number of H-pyrrole nitrogens is 1. The third-order valence-corrected chi connectivity index (χ3v) is 4.89. The number of hydrogen-bond acceptors (Lipinski definition) is 5. The fourth-order valence-electron chi connectivity index (χ4n) is 3.24. The SMILES string of the molecule is Cc1ccc(CN2CCN(C(=O)c3c[nH]c(=O)c(Cl)c3)CC2CCO)o1. The van der Waals surface area contributed by atoms with Crippen LogP contribution in [-0.4, -0.2) is 58.1 Å². The van der Waals surface area contributed by atoms with Crippen LogP contribution in [0.2, 0.25) is 5.02 Å². The van der Waals surface area contributed by atoms with Crippen LogP contribution in [0.3, 0.4) is 0 Å². The Balaban J connectivity index is 1.71. The summed E-state index contributed by atoms with van der Waals surface area (Å²) < 4.78 is 5.65. The van der Waals surface area contributed by atoms with Crippen molar-refractivity contribution in [2.24, 2.45) is 0 Å². The quantitative estimate of drug-likeness (QED) is 0.824. The Morgan fingerprint density at radius 1 is 1.42 bits per heavy atom. The van der Waals surface area contributed by atoms with E-state index >= 15 is 0 Å². The van der Waals surface area contributed by atoms with Gasteiger partial charge in [0.05, 0.1) is 12.1 Å². The van der Waals surface area contributed by atoms with Gasteiger partial charge in [-0.05, 0) is 31.5 Å². The molecule has 140 valence electrons. The van der Waals surface area contributed by atoms with Gasteiger partial charge in [0.1, 0.15) is 16.5 Å². The lowest BCUT2D eigenvalue weighted by molar-refractivity contribution is 0.0372. The fraction of sp³-hybridized carbons (Fsp3) is 0.444. The molecule has 8 heteroatoms. The van der Waals surface area contributed by atoms with Crippen molar-refractivity contribution in [2.75, 3.05) is 26.2 Å². The number of hydrogen-bond donors (Lipinski definition) is 2. The van der Waals surface area contributed by atoms with E-state index < -0.39 is 5.56 Å². The maximum atomic E-state index is 12.7. The standard InChI is InChI=1S/C18H22ClN3O4/c1-12-2-3-15(26-12)11-21-5-6-22(10-14(21)4-7-23)18(25)13-8-16(19)17(24)20-9-13/h2-3,8-9,14,23H,4-7,10-11H2,1H3,(H,20,24). The van der Waals surface area contributed by atoms with Crippen molar-refractivity contribution in [3.63, 3.8) is 0 Å². The van der Waals surface area contributed by atoms with E-state index in [-0.39, 0.29) is 23.6 Å². The number of halogens is 1. The van der Waals surface area contributed by atoms with Gasteiger partial charge in [0.25, 0.3) is 11.5 Å². The van der Waals surface area contributed by atoms with Crippen LogP contribution in [0, 0.1) is 6.92 Å². The van der Waals surface area contributed by atoms with Crippen molar-refractivity contribution in [1.82, 2.24) is 14.8 Å². The molecule has 1 fully saturated rings. The van der Waals surface area contributed by atoms with Gasteiger partial charge >= 0.3 is 0 Å². The number of aliphatic hydroxyl groups is 1. The van der Waals surface area contributed by atoms with Crippen LogP contribution in [0.1, 0.15) is 28.3 Å². The van der Waals surface area contributed by atoms with Gasteiger partial charge < -0.3 is 19.4 Å². The number of amides is 1. The summed E-state index contributed by atoms with van der Waals surface area (Å²) in [5, 5.41) is 9.40. The second-order valence-corrected chi connectivity index (χ2v) is 6.87. The van der Waals surface area contributed by atoms with E-state index in [4.69, 9.17) is 16.0 Å². The van der Waals surface area contributed by atoms with E-state index in [0.717, 1.165) is 11.5 Å². The number of aryl methyl sites for hydroxylation is 1. The number of aliphatic hydroxyl groups excluding tert-OH is 1. The number of rotatable bonds is 5. The summed E-state index contributed by atoms with van der Waals surface area (Å²) in [6.45, 7) is 4.32. The van der Waals surface area contributed by atoms with Gasteiger partial charge in [0.2, 0.25) is 0 Å². The molecule has 0 saturated carbocycles. The zero-order valence-corrected chi connectivity index (χ0v) is 15.3. The molecule has 2 aromatic heterocycles. The molecular formula is C18H22ClN3O4. The molecule has 1 amide bonds. The average Bonchev–Trinajstić information content (AvgIpc) is 3.03. The monoisotopic (exact) mass is 379 g/mol. The predicted octanol–water partition coefficient (Wildman–Crippen LogP) is 1.64. The van der Waals surface area contributed by atoms with Crippen LogP contribution in [0.4, 0.5) is 0 Å². The Bertz CT molecular complexity index is 832. The molecule has 1 atom stereocenters. The smallest absolute Gasteiger partial charge is 0.266 e. The van der Waals surface area contributed by atoms with E-state index in [1.807, 2.05) is 19.1 Å². The van der Waals surface area contributed by atoms with Gasteiger partial charge in [-0.2, -0.15) is 0 Å². The Labute approximate surface area is 156 Å². The molecule has 26 heavy (non-hydrogen) atoms. The molecule has 1 unspecified atom stereocenters. The number of carbonyl (C=O) groups excluding carboxylic acids is 1. The maximum Gasteiger partial charge on any atom is 0.266 e. The van der Waals surface area contributed by atoms with Crippen LogP contribution < -0.4 is 5.56 Å². The molecule has 0 aliphatic carbocycles. The number of nitrogens with one attached hydrogen (secondary N) is 1. The molecular weight excluding hydrogens is 358 g/mol. The van der Waals surface area contributed by atoms with E-state index in [2.05, 4.69) is 9.88 Å². The van der Waals surface area contributed by atoms with Crippen molar-refractivity contribution >= 4 is 17.5 Å². The van der Waals surface area contributed by atoms with Crippen molar-refractivity contribution in [3.8, 4) is 0 Å². The molecule has 1 saturated heterocycles. The highest BCUT2D eigenvalue weighted by Crippen LogP contribution is 2.19. The number of pyridine rings is 1. The van der Waals surface area contributed by atoms with Crippen molar-refractivity contribution < 1.29 is 14.3 Å². The van der Waals surface area contributed by atoms with Gasteiger partial charge in [0, 0.05) is 38.5 Å². The molecule has 2 N–H and O–H groups in total. The second-order valence-electron chi connectivity index (χ2n) is 6.47. The predicted molar refractivity (Wildman–Crippen MR) is 97.3 cm³/mol. The normalized spacial score (nSPS) is 18.3. The third kappa shape index (κ3) is 4.17. The number of carbonyl (C=O) groups is 1. The Morgan fingerprint density at radius 2 is 2.23 bits per heavy atom. The van der Waals surface area contributed by atoms with E-state index in [0.29, 0.717) is 38.2 Å². The highest BCUT2D eigenvalue weighted by atomic mass is 35.5. The minimum atomic E-state index is -0.417. The molecule has 1 aliphatic rings. The largest absolute Gasteiger partial charge is 0.465 e. The maximum absolute atomic E-state index is 12.7. The average molecular weight is 380 g/mol. The molecule has 3 rings (SSSR count).